The molecule has 0 aromatic heterocycles. The molecule has 3 aliphatic carbocycles. The molecule has 0 saturated heterocycles. The van der Waals surface area contributed by atoms with E-state index in [2.05, 4.69) is 280 Å². The molecule has 342 valence electrons. The predicted molar refractivity (Wildman–Crippen MR) is 306 cm³/mol. The molecule has 73 heavy (non-hydrogen) atoms. The molecule has 12 aromatic carbocycles. The Kier molecular flexibility index (Phi) is 8.99. The average Bonchev–Trinajstić information content (AvgIpc) is 4.01. The van der Waals surface area contributed by atoms with Gasteiger partial charge >= 0.3 is 0 Å². The van der Waals surface area contributed by atoms with Crippen molar-refractivity contribution in [3.05, 3.63) is 294 Å². The first-order valence-electron chi connectivity index (χ1n) is 25.6. The second-order valence-electron chi connectivity index (χ2n) is 20.8. The van der Waals surface area contributed by atoms with Crippen molar-refractivity contribution in [3.63, 3.8) is 0 Å². The molecule has 0 unspecified atom stereocenters. The van der Waals surface area contributed by atoms with Gasteiger partial charge in [-0.3, -0.25) is 0 Å². The quantitative estimate of drug-likeness (QED) is 0.161. The number of rotatable bonds is 6. The van der Waals surface area contributed by atoms with Crippen LogP contribution in [0.3, 0.4) is 0 Å². The summed E-state index contributed by atoms with van der Waals surface area (Å²) < 4.78 is 0. The SMILES string of the molecule is CC1(C)c2cc(-c3ccc4ccccc4c3)ccc2-c2ccc(N(c3ccc(-c4ccc(-c5ccc6ccccc6c5)cc4)cc3)c3cccc4c3-c3ccccc3C43c4ccccc4-c4ccccc43)cc21. The number of hydrogen-bond donors (Lipinski definition) is 0. The molecule has 0 heterocycles. The third-order valence-corrected chi connectivity index (χ3v) is 16.7. The zero-order chi connectivity index (χ0) is 48.4. The van der Waals surface area contributed by atoms with Gasteiger partial charge in [0.25, 0.3) is 0 Å². The third kappa shape index (κ3) is 6.09. The van der Waals surface area contributed by atoms with Crippen LogP contribution in [0.15, 0.2) is 261 Å². The molecule has 0 radical (unpaired) electrons. The highest BCUT2D eigenvalue weighted by molar-refractivity contribution is 6.02. The van der Waals surface area contributed by atoms with E-state index in [4.69, 9.17) is 0 Å². The minimum atomic E-state index is -0.450. The van der Waals surface area contributed by atoms with Crippen molar-refractivity contribution >= 4 is 38.6 Å². The number of anilines is 3. The Balaban J connectivity index is 0.882. The normalized spacial score (nSPS) is 13.8. The Hall–Kier alpha value is -9.04. The van der Waals surface area contributed by atoms with E-state index < -0.39 is 5.41 Å². The van der Waals surface area contributed by atoms with Crippen LogP contribution in [0.25, 0.3) is 88.3 Å². The van der Waals surface area contributed by atoms with E-state index in [1.54, 1.807) is 0 Å². The first-order chi connectivity index (χ1) is 35.9. The molecule has 0 saturated carbocycles. The monoisotopic (exact) mass is 927 g/mol. The van der Waals surface area contributed by atoms with Crippen LogP contribution in [0, 0.1) is 0 Å². The van der Waals surface area contributed by atoms with E-state index in [1.165, 1.54) is 127 Å². The molecule has 0 N–H and O–H groups in total. The topological polar surface area (TPSA) is 3.24 Å². The summed E-state index contributed by atoms with van der Waals surface area (Å²) in [5.41, 5.74) is 25.9. The summed E-state index contributed by atoms with van der Waals surface area (Å²) in [5, 5.41) is 5.04. The zero-order valence-electron chi connectivity index (χ0n) is 40.8. The lowest BCUT2D eigenvalue weighted by atomic mass is 9.70. The van der Waals surface area contributed by atoms with Gasteiger partial charge in [-0.05, 0) is 165 Å². The second-order valence-corrected chi connectivity index (χ2v) is 20.8. The summed E-state index contributed by atoms with van der Waals surface area (Å²) in [7, 11) is 0. The summed E-state index contributed by atoms with van der Waals surface area (Å²) >= 11 is 0. The van der Waals surface area contributed by atoms with E-state index in [-0.39, 0.29) is 5.41 Å². The first kappa shape index (κ1) is 41.7. The lowest BCUT2D eigenvalue weighted by Crippen LogP contribution is -2.26. The second kappa shape index (κ2) is 15.7. The lowest BCUT2D eigenvalue weighted by Gasteiger charge is -2.32. The van der Waals surface area contributed by atoms with E-state index in [0.29, 0.717) is 0 Å². The molecule has 1 spiro atoms. The molecule has 0 atom stereocenters. The van der Waals surface area contributed by atoms with Crippen molar-refractivity contribution in [2.24, 2.45) is 0 Å². The van der Waals surface area contributed by atoms with Crippen LogP contribution in [0.4, 0.5) is 17.1 Å². The molecule has 3 aliphatic rings. The maximum absolute atomic E-state index is 2.54. The number of nitrogens with zero attached hydrogens (tertiary/aromatic N) is 1. The number of hydrogen-bond acceptors (Lipinski definition) is 1. The van der Waals surface area contributed by atoms with Crippen LogP contribution in [-0.2, 0) is 10.8 Å². The van der Waals surface area contributed by atoms with Gasteiger partial charge in [-0.15, -0.1) is 0 Å². The molecule has 12 aromatic rings. The fraction of sp³-hybridized carbons (Fsp3) is 0.0556. The summed E-state index contributed by atoms with van der Waals surface area (Å²) in [6.07, 6.45) is 0. The smallest absolute Gasteiger partial charge is 0.0726 e. The van der Waals surface area contributed by atoms with Crippen molar-refractivity contribution in [1.29, 1.82) is 0 Å². The largest absolute Gasteiger partial charge is 0.310 e. The van der Waals surface area contributed by atoms with Gasteiger partial charge in [0.05, 0.1) is 11.1 Å². The van der Waals surface area contributed by atoms with Crippen LogP contribution in [-0.4, -0.2) is 0 Å². The molecule has 15 rings (SSSR count). The number of fused-ring (bicyclic) bond motifs is 15. The van der Waals surface area contributed by atoms with E-state index in [1.807, 2.05) is 0 Å². The molecule has 0 bridgehead atoms. The summed E-state index contributed by atoms with van der Waals surface area (Å²) in [6.45, 7) is 4.82. The predicted octanol–water partition coefficient (Wildman–Crippen LogP) is 19.1. The van der Waals surface area contributed by atoms with Crippen LogP contribution in [0.5, 0.6) is 0 Å². The fourth-order valence-electron chi connectivity index (χ4n) is 13.2. The molecular weight excluding hydrogens is 879 g/mol. The molecule has 0 fully saturated rings. The summed E-state index contributed by atoms with van der Waals surface area (Å²) in [4.78, 5) is 2.54. The van der Waals surface area contributed by atoms with Gasteiger partial charge in [0, 0.05) is 22.4 Å². The summed E-state index contributed by atoms with van der Waals surface area (Å²) in [5.74, 6) is 0. The molecule has 0 aliphatic heterocycles. The molecule has 1 nitrogen and oxygen atoms in total. The number of benzene rings is 12. The van der Waals surface area contributed by atoms with Crippen molar-refractivity contribution in [1.82, 2.24) is 0 Å². The van der Waals surface area contributed by atoms with Crippen LogP contribution >= 0.6 is 0 Å². The van der Waals surface area contributed by atoms with E-state index >= 15 is 0 Å². The van der Waals surface area contributed by atoms with Crippen molar-refractivity contribution < 1.29 is 0 Å². The minimum Gasteiger partial charge on any atom is -0.310 e. The van der Waals surface area contributed by atoms with Gasteiger partial charge in [0.1, 0.15) is 0 Å². The maximum Gasteiger partial charge on any atom is 0.0726 e. The molecule has 0 amide bonds. The van der Waals surface area contributed by atoms with Gasteiger partial charge in [0.15, 0.2) is 0 Å². The molecular formula is C72H49N. The Morgan fingerprint density at radius 3 is 1.27 bits per heavy atom. The highest BCUT2D eigenvalue weighted by Gasteiger charge is 2.52. The van der Waals surface area contributed by atoms with Gasteiger partial charge in [-0.2, -0.15) is 0 Å². The molecule has 1 heteroatoms. The Morgan fingerprint density at radius 1 is 0.260 bits per heavy atom. The van der Waals surface area contributed by atoms with Crippen LogP contribution in [0.1, 0.15) is 47.2 Å². The van der Waals surface area contributed by atoms with E-state index in [9.17, 15) is 0 Å². The van der Waals surface area contributed by atoms with Crippen molar-refractivity contribution in [2.75, 3.05) is 4.90 Å². The third-order valence-electron chi connectivity index (χ3n) is 16.7. The Bertz CT molecular complexity index is 4180. The van der Waals surface area contributed by atoms with Crippen molar-refractivity contribution in [3.8, 4) is 66.8 Å². The van der Waals surface area contributed by atoms with E-state index in [0.717, 1.165) is 11.4 Å². The standard InChI is InChI=1S/C72H49N/c1-71(2)67-44-55(54-33-31-47-15-4-6-17-52(47)43-54)36-40-60(67)61-41-39-57(45-68(61)71)73(56-37-34-49(35-38-56)48-26-28-50(29-27-48)53-32-30-46-14-3-5-16-51(46)42-53)69-25-13-24-66-70(69)62-20-9-12-23-65(62)72(66)63-21-10-7-18-58(63)59-19-8-11-22-64(59)72/h3-45H,1-2H3. The Morgan fingerprint density at radius 2 is 0.658 bits per heavy atom. The summed E-state index contributed by atoms with van der Waals surface area (Å²) in [6, 6.07) is 97.9. The van der Waals surface area contributed by atoms with Gasteiger partial charge in [-0.25, -0.2) is 0 Å². The minimum absolute atomic E-state index is 0.241. The highest BCUT2D eigenvalue weighted by Crippen LogP contribution is 2.65. The maximum atomic E-state index is 2.54. The van der Waals surface area contributed by atoms with Gasteiger partial charge in [0.2, 0.25) is 0 Å². The van der Waals surface area contributed by atoms with Gasteiger partial charge in [-0.1, -0.05) is 226 Å². The first-order valence-corrected chi connectivity index (χ1v) is 25.6. The van der Waals surface area contributed by atoms with Crippen LogP contribution in [0.2, 0.25) is 0 Å². The Labute approximate surface area is 427 Å². The zero-order valence-corrected chi connectivity index (χ0v) is 40.8. The van der Waals surface area contributed by atoms with Crippen molar-refractivity contribution in [2.45, 2.75) is 24.7 Å². The lowest BCUT2D eigenvalue weighted by molar-refractivity contribution is 0.660. The highest BCUT2D eigenvalue weighted by atomic mass is 15.1. The fourth-order valence-corrected chi connectivity index (χ4v) is 13.2. The van der Waals surface area contributed by atoms with Gasteiger partial charge < -0.3 is 4.90 Å². The average molecular weight is 928 g/mol. The van der Waals surface area contributed by atoms with Crippen LogP contribution < -0.4 is 4.90 Å².